The number of hydrogen-bond acceptors (Lipinski definition) is 11. The molecule has 430 valence electrons. The molecule has 0 aromatic rings. The molecule has 1 aliphatic heterocycles. The first-order chi connectivity index (χ1) is 36.6. The molecule has 1 rings (SSSR count). The summed E-state index contributed by atoms with van der Waals surface area (Å²) in [6.07, 6.45) is 51.6. The second-order valence-corrected chi connectivity index (χ2v) is 20.2. The van der Waals surface area contributed by atoms with Gasteiger partial charge in [-0.2, -0.15) is 0 Å². The molecule has 1 aliphatic rings. The minimum Gasteiger partial charge on any atom is -0.479 e. The number of carbonyl (C=O) groups is 4. The van der Waals surface area contributed by atoms with E-state index in [-0.39, 0.29) is 25.9 Å². The van der Waals surface area contributed by atoms with E-state index in [9.17, 15) is 34.5 Å². The number of unbranched alkanes of at least 4 members (excludes halogenated alkanes) is 24. The topological polar surface area (TPSA) is 175 Å². The van der Waals surface area contributed by atoms with Gasteiger partial charge in [0.25, 0.3) is 0 Å². The molecule has 0 saturated carbocycles. The summed E-state index contributed by atoms with van der Waals surface area (Å²) < 4.78 is 28.4. The van der Waals surface area contributed by atoms with Crippen molar-refractivity contribution in [2.45, 2.75) is 289 Å². The lowest BCUT2D eigenvalue weighted by atomic mass is 9.98. The average molecular weight is 1060 g/mol. The monoisotopic (exact) mass is 1050 g/mol. The number of hydrogen-bond donors (Lipinski definition) is 3. The summed E-state index contributed by atoms with van der Waals surface area (Å²) in [7, 11) is 0. The van der Waals surface area contributed by atoms with E-state index >= 15 is 0 Å². The standard InChI is InChI=1S/C63H106O12/c1-4-7-10-13-16-19-22-25-28-31-34-37-40-43-46-49-55(64)71-52-54(73-56(65)50-47-44-41-38-35-32-29-26-23-20-17-14-11-8-5-2)53-72-63-61(59(68)58(67)60(75-63)62(69)70)74-57(66)51-48-45-42-39-36-33-30-27-24-21-18-15-12-9-6-3/h9,12,18,21,25-30,36,39,54,58-61,63,67-68H,4-8,10-11,13-17,19-20,22-24,31-35,37-38,40-53H2,1-3H3,(H,69,70)/b12-9-,21-18-,28-25-,29-26-,30-27-,39-36-. The highest BCUT2D eigenvalue weighted by atomic mass is 16.7. The average Bonchev–Trinajstić information content (AvgIpc) is 3.39. The molecule has 0 aromatic carbocycles. The van der Waals surface area contributed by atoms with Gasteiger partial charge >= 0.3 is 23.9 Å². The van der Waals surface area contributed by atoms with Crippen LogP contribution in [0.4, 0.5) is 0 Å². The van der Waals surface area contributed by atoms with Gasteiger partial charge in [-0.1, -0.05) is 196 Å². The van der Waals surface area contributed by atoms with Crippen molar-refractivity contribution in [1.29, 1.82) is 0 Å². The molecule has 6 unspecified atom stereocenters. The smallest absolute Gasteiger partial charge is 0.335 e. The third kappa shape index (κ3) is 41.0. The van der Waals surface area contributed by atoms with Crippen LogP contribution in [0.15, 0.2) is 72.9 Å². The van der Waals surface area contributed by atoms with Gasteiger partial charge in [-0.25, -0.2) is 4.79 Å². The first kappa shape index (κ1) is 69.2. The van der Waals surface area contributed by atoms with Crippen molar-refractivity contribution in [3.63, 3.8) is 0 Å². The van der Waals surface area contributed by atoms with Crippen LogP contribution in [0.1, 0.15) is 252 Å². The molecule has 12 heteroatoms. The molecule has 1 saturated heterocycles. The Morgan fingerprint density at radius 2 is 0.840 bits per heavy atom. The van der Waals surface area contributed by atoms with Crippen molar-refractivity contribution >= 4 is 23.9 Å². The fraction of sp³-hybridized carbons (Fsp3) is 0.746. The quantitative estimate of drug-likeness (QED) is 0.0228. The summed E-state index contributed by atoms with van der Waals surface area (Å²) >= 11 is 0. The Bertz CT molecular complexity index is 1580. The van der Waals surface area contributed by atoms with Crippen molar-refractivity contribution < 1.29 is 58.2 Å². The van der Waals surface area contributed by atoms with Gasteiger partial charge in [0.15, 0.2) is 24.6 Å². The first-order valence-corrected chi connectivity index (χ1v) is 29.9. The van der Waals surface area contributed by atoms with Gasteiger partial charge in [0.1, 0.15) is 18.8 Å². The van der Waals surface area contributed by atoms with E-state index in [0.29, 0.717) is 25.7 Å². The summed E-state index contributed by atoms with van der Waals surface area (Å²) in [4.78, 5) is 51.1. The number of aliphatic hydroxyl groups excluding tert-OH is 2. The lowest BCUT2D eigenvalue weighted by molar-refractivity contribution is -0.301. The SMILES string of the molecule is CC/C=C\C/C=C\C/C=C\C/C=C\CCCCC(=O)OC1C(OCC(COC(=O)CCCCCCC/C=C\CCCCCCCC)OC(=O)CCCCCCC/C=C\CCCCCCCC)OC(C(=O)O)C(O)C1O. The molecule has 0 spiro atoms. The van der Waals surface area contributed by atoms with Crippen LogP contribution >= 0.6 is 0 Å². The van der Waals surface area contributed by atoms with Crippen molar-refractivity contribution in [3.05, 3.63) is 72.9 Å². The zero-order valence-corrected chi connectivity index (χ0v) is 47.3. The van der Waals surface area contributed by atoms with Gasteiger partial charge in [0.05, 0.1) is 6.61 Å². The molecule has 1 heterocycles. The van der Waals surface area contributed by atoms with Crippen molar-refractivity contribution in [2.75, 3.05) is 13.2 Å². The van der Waals surface area contributed by atoms with Crippen LogP contribution in [0.2, 0.25) is 0 Å². The van der Waals surface area contributed by atoms with Crippen molar-refractivity contribution in [3.8, 4) is 0 Å². The van der Waals surface area contributed by atoms with Crippen LogP contribution in [-0.4, -0.2) is 89.2 Å². The number of carbonyl (C=O) groups excluding carboxylic acids is 3. The molecule has 0 amide bonds. The van der Waals surface area contributed by atoms with Gasteiger partial charge in [-0.15, -0.1) is 0 Å². The highest BCUT2D eigenvalue weighted by Gasteiger charge is 2.50. The molecule has 12 nitrogen and oxygen atoms in total. The fourth-order valence-corrected chi connectivity index (χ4v) is 8.64. The third-order valence-corrected chi connectivity index (χ3v) is 13.2. The summed E-state index contributed by atoms with van der Waals surface area (Å²) in [5.74, 6) is -3.19. The van der Waals surface area contributed by atoms with E-state index in [4.69, 9.17) is 23.7 Å². The van der Waals surface area contributed by atoms with Crippen LogP contribution in [0.25, 0.3) is 0 Å². The number of rotatable bonds is 50. The van der Waals surface area contributed by atoms with Crippen LogP contribution in [0.3, 0.4) is 0 Å². The van der Waals surface area contributed by atoms with Gasteiger partial charge < -0.3 is 39.0 Å². The Kier molecular flexibility index (Phi) is 47.0. The van der Waals surface area contributed by atoms with E-state index in [1.165, 1.54) is 77.0 Å². The van der Waals surface area contributed by atoms with E-state index in [1.807, 2.05) is 0 Å². The zero-order valence-electron chi connectivity index (χ0n) is 47.3. The summed E-state index contributed by atoms with van der Waals surface area (Å²) in [6, 6.07) is 0. The third-order valence-electron chi connectivity index (χ3n) is 13.2. The van der Waals surface area contributed by atoms with Crippen LogP contribution in [0.5, 0.6) is 0 Å². The Balaban J connectivity index is 2.73. The number of carboxylic acid groups (broad SMARTS) is 1. The molecule has 3 N–H and O–H groups in total. The number of ether oxygens (including phenoxy) is 5. The zero-order chi connectivity index (χ0) is 54.7. The predicted molar refractivity (Wildman–Crippen MR) is 303 cm³/mol. The molecular formula is C63H106O12. The lowest BCUT2D eigenvalue weighted by Gasteiger charge is -2.40. The molecule has 0 aliphatic carbocycles. The van der Waals surface area contributed by atoms with Gasteiger partial charge in [0.2, 0.25) is 0 Å². The highest BCUT2D eigenvalue weighted by molar-refractivity contribution is 5.74. The number of esters is 3. The molecule has 0 aromatic heterocycles. The van der Waals surface area contributed by atoms with E-state index in [2.05, 4.69) is 93.7 Å². The lowest BCUT2D eigenvalue weighted by Crippen LogP contribution is -2.61. The number of aliphatic hydroxyl groups is 2. The summed E-state index contributed by atoms with van der Waals surface area (Å²) in [5.41, 5.74) is 0. The Hall–Kier alpha value is -3.84. The fourth-order valence-electron chi connectivity index (χ4n) is 8.64. The largest absolute Gasteiger partial charge is 0.479 e. The molecule has 6 atom stereocenters. The maximum Gasteiger partial charge on any atom is 0.335 e. The molecule has 75 heavy (non-hydrogen) atoms. The Labute approximate surface area is 455 Å². The Morgan fingerprint density at radius 1 is 0.453 bits per heavy atom. The van der Waals surface area contributed by atoms with Gasteiger partial charge in [0, 0.05) is 19.3 Å². The first-order valence-electron chi connectivity index (χ1n) is 29.9. The molecule has 0 radical (unpaired) electrons. The highest BCUT2D eigenvalue weighted by Crippen LogP contribution is 2.26. The van der Waals surface area contributed by atoms with Gasteiger partial charge in [-0.05, 0) is 109 Å². The summed E-state index contributed by atoms with van der Waals surface area (Å²) in [5, 5.41) is 31.5. The molecule has 0 bridgehead atoms. The minimum absolute atomic E-state index is 0.00512. The Morgan fingerprint density at radius 3 is 1.32 bits per heavy atom. The van der Waals surface area contributed by atoms with Crippen molar-refractivity contribution in [1.82, 2.24) is 0 Å². The number of allylic oxidation sites excluding steroid dienone is 12. The van der Waals surface area contributed by atoms with Gasteiger partial charge in [-0.3, -0.25) is 14.4 Å². The maximum atomic E-state index is 13.1. The second kappa shape index (κ2) is 50.9. The number of aliphatic carboxylic acids is 1. The second-order valence-electron chi connectivity index (χ2n) is 20.2. The maximum absolute atomic E-state index is 13.1. The minimum atomic E-state index is -1.92. The molecule has 1 fully saturated rings. The van der Waals surface area contributed by atoms with Crippen molar-refractivity contribution in [2.24, 2.45) is 0 Å². The van der Waals surface area contributed by atoms with Crippen LogP contribution < -0.4 is 0 Å². The van der Waals surface area contributed by atoms with E-state index in [0.717, 1.165) is 109 Å². The van der Waals surface area contributed by atoms with E-state index < -0.39 is 67.3 Å². The number of carboxylic acids is 1. The van der Waals surface area contributed by atoms with Crippen LogP contribution in [0, 0.1) is 0 Å². The molecular weight excluding hydrogens is 949 g/mol. The van der Waals surface area contributed by atoms with E-state index in [1.54, 1.807) is 0 Å². The normalized spacial score (nSPS) is 18.7. The predicted octanol–water partition coefficient (Wildman–Crippen LogP) is 15.3. The van der Waals surface area contributed by atoms with Crippen LogP contribution in [-0.2, 0) is 42.9 Å². The summed E-state index contributed by atoms with van der Waals surface area (Å²) in [6.45, 7) is 5.84.